The highest BCUT2D eigenvalue weighted by atomic mass is 32.1. The van der Waals surface area contributed by atoms with E-state index in [4.69, 9.17) is 9.97 Å². The van der Waals surface area contributed by atoms with E-state index in [0.29, 0.717) is 0 Å². The van der Waals surface area contributed by atoms with Crippen molar-refractivity contribution in [2.24, 2.45) is 0 Å². The Morgan fingerprint density at radius 1 is 0.500 bits per heavy atom. The molecule has 5 aromatic rings. The molecule has 0 bridgehead atoms. The molecule has 6 rings (SSSR count). The van der Waals surface area contributed by atoms with Crippen LogP contribution in [0.3, 0.4) is 0 Å². The van der Waals surface area contributed by atoms with Gasteiger partial charge in [-0.25, -0.2) is 9.97 Å². The van der Waals surface area contributed by atoms with Crippen LogP contribution in [0.2, 0.25) is 0 Å². The fraction of sp³-hybridized carbons (Fsp3) is 0.111. The zero-order valence-corrected chi connectivity index (χ0v) is 18.2. The Hall–Kier alpha value is -3.70. The van der Waals surface area contributed by atoms with Gasteiger partial charge >= 0.3 is 0 Å². The highest BCUT2D eigenvalue weighted by molar-refractivity contribution is 7.19. The maximum absolute atomic E-state index is 4.98. The average Bonchev–Trinajstić information content (AvgIpc) is 3.49. The Morgan fingerprint density at radius 3 is 1.44 bits per heavy atom. The lowest BCUT2D eigenvalue weighted by Crippen LogP contribution is -1.90. The topological polar surface area (TPSA) is 51.6 Å². The SMILES string of the molecule is c1ccc(-c2cccc(-c3sc(-c4cccc(-c5ccccn5)n4)c4c3CCC4)n2)nc1. The van der Waals surface area contributed by atoms with Gasteiger partial charge in [0.05, 0.1) is 43.9 Å². The summed E-state index contributed by atoms with van der Waals surface area (Å²) in [5.41, 5.74) is 8.49. The van der Waals surface area contributed by atoms with E-state index in [1.54, 1.807) is 0 Å². The maximum Gasteiger partial charge on any atom is 0.0894 e. The Kier molecular flexibility index (Phi) is 4.81. The fourth-order valence-corrected chi connectivity index (χ4v) is 5.66. The molecule has 0 unspecified atom stereocenters. The molecule has 0 radical (unpaired) electrons. The van der Waals surface area contributed by atoms with Crippen molar-refractivity contribution in [2.75, 3.05) is 0 Å². The second-order valence-electron chi connectivity index (χ2n) is 7.82. The average molecular weight is 433 g/mol. The summed E-state index contributed by atoms with van der Waals surface area (Å²) in [4.78, 5) is 21.4. The highest BCUT2D eigenvalue weighted by Crippen LogP contribution is 2.45. The van der Waals surface area contributed by atoms with E-state index >= 15 is 0 Å². The van der Waals surface area contributed by atoms with Crippen LogP contribution in [0.25, 0.3) is 43.9 Å². The lowest BCUT2D eigenvalue weighted by molar-refractivity contribution is 0.912. The van der Waals surface area contributed by atoms with E-state index in [-0.39, 0.29) is 0 Å². The van der Waals surface area contributed by atoms with Crippen molar-refractivity contribution in [3.63, 3.8) is 0 Å². The molecule has 0 amide bonds. The first kappa shape index (κ1) is 19.0. The third-order valence-electron chi connectivity index (χ3n) is 5.79. The van der Waals surface area contributed by atoms with Gasteiger partial charge in [0.2, 0.25) is 0 Å². The van der Waals surface area contributed by atoms with E-state index in [1.165, 1.54) is 27.3 Å². The van der Waals surface area contributed by atoms with E-state index in [1.807, 2.05) is 72.3 Å². The van der Waals surface area contributed by atoms with Crippen molar-refractivity contribution in [3.05, 3.63) is 96.3 Å². The zero-order chi connectivity index (χ0) is 21.3. The van der Waals surface area contributed by atoms with Gasteiger partial charge in [0.1, 0.15) is 0 Å². The Labute approximate surface area is 190 Å². The van der Waals surface area contributed by atoms with E-state index in [9.17, 15) is 0 Å². The van der Waals surface area contributed by atoms with Gasteiger partial charge in [-0.05, 0) is 78.9 Å². The van der Waals surface area contributed by atoms with Crippen molar-refractivity contribution >= 4 is 11.3 Å². The summed E-state index contributed by atoms with van der Waals surface area (Å²) in [6, 6.07) is 24.3. The number of pyridine rings is 4. The monoisotopic (exact) mass is 432 g/mol. The number of nitrogens with zero attached hydrogens (tertiary/aromatic N) is 4. The molecule has 5 aromatic heterocycles. The molecule has 0 saturated carbocycles. The second kappa shape index (κ2) is 8.09. The first-order valence-electron chi connectivity index (χ1n) is 10.8. The highest BCUT2D eigenvalue weighted by Gasteiger charge is 2.25. The number of thiophene rings is 1. The molecule has 4 nitrogen and oxygen atoms in total. The predicted octanol–water partition coefficient (Wildman–Crippen LogP) is 6.48. The van der Waals surface area contributed by atoms with Crippen LogP contribution in [-0.4, -0.2) is 19.9 Å². The minimum absolute atomic E-state index is 0.896. The van der Waals surface area contributed by atoms with Gasteiger partial charge in [-0.3, -0.25) is 9.97 Å². The molecular weight excluding hydrogens is 412 g/mol. The van der Waals surface area contributed by atoms with Crippen LogP contribution in [0.4, 0.5) is 0 Å². The summed E-state index contributed by atoms with van der Waals surface area (Å²) < 4.78 is 0. The molecule has 0 fully saturated rings. The molecule has 0 spiro atoms. The molecule has 1 aliphatic carbocycles. The summed E-state index contributed by atoms with van der Waals surface area (Å²) in [5, 5.41) is 0. The molecule has 32 heavy (non-hydrogen) atoms. The van der Waals surface area contributed by atoms with E-state index in [0.717, 1.165) is 47.0 Å². The van der Waals surface area contributed by atoms with Gasteiger partial charge in [-0.1, -0.05) is 24.3 Å². The van der Waals surface area contributed by atoms with Crippen LogP contribution in [0.1, 0.15) is 17.5 Å². The van der Waals surface area contributed by atoms with Gasteiger partial charge < -0.3 is 0 Å². The summed E-state index contributed by atoms with van der Waals surface area (Å²) >= 11 is 1.81. The molecular formula is C27H20N4S. The number of hydrogen-bond donors (Lipinski definition) is 0. The summed E-state index contributed by atoms with van der Waals surface area (Å²) in [6.07, 6.45) is 6.99. The standard InChI is InChI=1S/C27H20N4S/c1-3-16-28-20(10-1)22-12-6-14-24(30-22)26-18-8-5-9-19(18)27(32-26)25-15-7-13-23(31-25)21-11-2-4-17-29-21/h1-4,6-7,10-17H,5,8-9H2. The van der Waals surface area contributed by atoms with Crippen molar-refractivity contribution in [1.82, 2.24) is 19.9 Å². The van der Waals surface area contributed by atoms with Crippen LogP contribution < -0.4 is 0 Å². The van der Waals surface area contributed by atoms with Gasteiger partial charge in [-0.2, -0.15) is 0 Å². The van der Waals surface area contributed by atoms with Crippen LogP contribution in [0, 0.1) is 0 Å². The van der Waals surface area contributed by atoms with Crippen molar-refractivity contribution in [1.29, 1.82) is 0 Å². The lowest BCUT2D eigenvalue weighted by Gasteiger charge is -2.05. The molecule has 1 aliphatic rings. The smallest absolute Gasteiger partial charge is 0.0894 e. The van der Waals surface area contributed by atoms with E-state index < -0.39 is 0 Å². The van der Waals surface area contributed by atoms with Crippen molar-refractivity contribution in [2.45, 2.75) is 19.3 Å². The van der Waals surface area contributed by atoms with Gasteiger partial charge in [0, 0.05) is 12.4 Å². The predicted molar refractivity (Wildman–Crippen MR) is 129 cm³/mol. The molecule has 0 saturated heterocycles. The molecule has 0 aromatic carbocycles. The Bertz CT molecular complexity index is 1290. The second-order valence-corrected chi connectivity index (χ2v) is 8.84. The molecule has 0 aliphatic heterocycles. The van der Waals surface area contributed by atoms with Gasteiger partial charge in [-0.15, -0.1) is 11.3 Å². The minimum Gasteiger partial charge on any atom is -0.255 e. The largest absolute Gasteiger partial charge is 0.255 e. The molecule has 154 valence electrons. The third kappa shape index (κ3) is 3.41. The third-order valence-corrected chi connectivity index (χ3v) is 7.11. The Morgan fingerprint density at radius 2 is 0.969 bits per heavy atom. The first-order valence-corrected chi connectivity index (χ1v) is 11.6. The minimum atomic E-state index is 0.896. The molecule has 0 N–H and O–H groups in total. The van der Waals surface area contributed by atoms with Crippen LogP contribution in [0.15, 0.2) is 85.2 Å². The quantitative estimate of drug-likeness (QED) is 0.326. The van der Waals surface area contributed by atoms with Crippen LogP contribution in [-0.2, 0) is 12.8 Å². The number of fused-ring (bicyclic) bond motifs is 1. The molecule has 0 atom stereocenters. The van der Waals surface area contributed by atoms with Gasteiger partial charge in [0.15, 0.2) is 0 Å². The summed E-state index contributed by atoms with van der Waals surface area (Å²) in [7, 11) is 0. The zero-order valence-electron chi connectivity index (χ0n) is 17.4. The molecule has 5 heteroatoms. The normalized spacial score (nSPS) is 12.6. The maximum atomic E-state index is 4.98. The van der Waals surface area contributed by atoms with Crippen LogP contribution >= 0.6 is 11.3 Å². The fourth-order valence-electron chi connectivity index (χ4n) is 4.32. The summed E-state index contributed by atoms with van der Waals surface area (Å²) in [6.45, 7) is 0. The van der Waals surface area contributed by atoms with Crippen molar-refractivity contribution < 1.29 is 0 Å². The lowest BCUT2D eigenvalue weighted by atomic mass is 10.1. The number of rotatable bonds is 4. The van der Waals surface area contributed by atoms with Crippen molar-refractivity contribution in [3.8, 4) is 43.9 Å². The first-order chi connectivity index (χ1) is 15.9. The Balaban J connectivity index is 1.45. The van der Waals surface area contributed by atoms with E-state index in [2.05, 4.69) is 34.2 Å². The molecule has 5 heterocycles. The number of hydrogen-bond acceptors (Lipinski definition) is 5. The summed E-state index contributed by atoms with van der Waals surface area (Å²) in [5.74, 6) is 0. The number of aromatic nitrogens is 4. The van der Waals surface area contributed by atoms with Gasteiger partial charge in [0.25, 0.3) is 0 Å². The van der Waals surface area contributed by atoms with Crippen LogP contribution in [0.5, 0.6) is 0 Å².